The predicted molar refractivity (Wildman–Crippen MR) is 96.0 cm³/mol. The van der Waals surface area contributed by atoms with Crippen LogP contribution in [0.25, 0.3) is 16.7 Å². The van der Waals surface area contributed by atoms with Crippen LogP contribution < -0.4 is 5.43 Å². The van der Waals surface area contributed by atoms with Gasteiger partial charge in [0, 0.05) is 16.4 Å². The highest BCUT2D eigenvalue weighted by atomic mass is 79.9. The standard InChI is InChI=1S/C17H11BrClFN2O3/c1-2-25-17(24)12-8-22(10-5-3-9(18)4-6-10)16-11(14(12)23)7-13(20)15(19)21-16/h3-8H,2H2,1H3. The SMILES string of the molecule is CCOC(=O)c1cn(-c2ccc(Br)cc2)c2nc(Cl)c(F)cc2c1=O. The number of carbonyl (C=O) groups is 1. The van der Waals surface area contributed by atoms with Crippen LogP contribution in [0.3, 0.4) is 0 Å². The number of benzene rings is 1. The molecule has 2 aromatic heterocycles. The third-order valence-corrected chi connectivity index (χ3v) is 4.28. The summed E-state index contributed by atoms with van der Waals surface area (Å²) in [6.45, 7) is 1.75. The van der Waals surface area contributed by atoms with Gasteiger partial charge >= 0.3 is 5.97 Å². The summed E-state index contributed by atoms with van der Waals surface area (Å²) in [6, 6.07) is 8.05. The maximum atomic E-state index is 13.8. The maximum Gasteiger partial charge on any atom is 0.343 e. The molecule has 0 bridgehead atoms. The Balaban J connectivity index is 2.39. The molecule has 25 heavy (non-hydrogen) atoms. The lowest BCUT2D eigenvalue weighted by Gasteiger charge is -2.13. The predicted octanol–water partition coefficient (Wildman–Crippen LogP) is 4.12. The molecule has 0 spiro atoms. The summed E-state index contributed by atoms with van der Waals surface area (Å²) in [6.07, 6.45) is 1.33. The monoisotopic (exact) mass is 424 g/mol. The Labute approximate surface area is 155 Å². The molecule has 128 valence electrons. The van der Waals surface area contributed by atoms with E-state index in [1.165, 1.54) is 10.8 Å². The molecule has 0 saturated heterocycles. The van der Waals surface area contributed by atoms with Gasteiger partial charge in [-0.25, -0.2) is 14.2 Å². The Kier molecular flexibility index (Phi) is 4.87. The topological polar surface area (TPSA) is 61.2 Å². The molecule has 2 heterocycles. The molecular weight excluding hydrogens is 415 g/mol. The van der Waals surface area contributed by atoms with Gasteiger partial charge in [0.2, 0.25) is 5.43 Å². The number of hydrogen-bond donors (Lipinski definition) is 0. The normalized spacial score (nSPS) is 10.9. The van der Waals surface area contributed by atoms with E-state index in [4.69, 9.17) is 16.3 Å². The Bertz CT molecular complexity index is 1030. The molecule has 3 rings (SSSR count). The van der Waals surface area contributed by atoms with E-state index in [9.17, 15) is 14.0 Å². The molecule has 5 nitrogen and oxygen atoms in total. The molecule has 0 saturated carbocycles. The highest BCUT2D eigenvalue weighted by molar-refractivity contribution is 9.10. The van der Waals surface area contributed by atoms with Crippen molar-refractivity contribution in [3.63, 3.8) is 0 Å². The zero-order valence-electron chi connectivity index (χ0n) is 12.9. The number of pyridine rings is 2. The van der Waals surface area contributed by atoms with Gasteiger partial charge in [0.05, 0.1) is 12.0 Å². The lowest BCUT2D eigenvalue weighted by atomic mass is 10.1. The largest absolute Gasteiger partial charge is 0.462 e. The molecule has 0 fully saturated rings. The lowest BCUT2D eigenvalue weighted by Crippen LogP contribution is -2.21. The second-order valence-corrected chi connectivity index (χ2v) is 6.34. The van der Waals surface area contributed by atoms with Crippen molar-refractivity contribution < 1.29 is 13.9 Å². The van der Waals surface area contributed by atoms with Gasteiger partial charge in [-0.1, -0.05) is 27.5 Å². The van der Waals surface area contributed by atoms with Gasteiger partial charge in [0.15, 0.2) is 11.0 Å². The molecule has 1 aromatic carbocycles. The van der Waals surface area contributed by atoms with Crippen LogP contribution in [0.1, 0.15) is 17.3 Å². The summed E-state index contributed by atoms with van der Waals surface area (Å²) in [5, 5.41) is -0.419. The van der Waals surface area contributed by atoms with Crippen molar-refractivity contribution in [2.45, 2.75) is 6.92 Å². The highest BCUT2D eigenvalue weighted by Gasteiger charge is 2.19. The third kappa shape index (κ3) is 3.29. The van der Waals surface area contributed by atoms with Crippen LogP contribution in [0.4, 0.5) is 4.39 Å². The van der Waals surface area contributed by atoms with Crippen molar-refractivity contribution in [2.24, 2.45) is 0 Å². The number of carbonyl (C=O) groups excluding carboxylic acids is 1. The number of esters is 1. The second-order valence-electron chi connectivity index (χ2n) is 5.07. The molecule has 0 atom stereocenters. The first-order valence-corrected chi connectivity index (χ1v) is 8.44. The molecular formula is C17H11BrClFN2O3. The number of ether oxygens (including phenoxy) is 1. The Morgan fingerprint density at radius 2 is 2.04 bits per heavy atom. The Morgan fingerprint density at radius 3 is 2.68 bits per heavy atom. The first-order valence-electron chi connectivity index (χ1n) is 7.27. The average Bonchev–Trinajstić information content (AvgIpc) is 2.58. The first-order chi connectivity index (χ1) is 11.9. The molecule has 0 aliphatic carbocycles. The summed E-state index contributed by atoms with van der Waals surface area (Å²) in [5.41, 5.74) is -0.105. The Morgan fingerprint density at radius 1 is 1.36 bits per heavy atom. The van der Waals surface area contributed by atoms with Crippen LogP contribution in [0, 0.1) is 5.82 Å². The molecule has 0 N–H and O–H groups in total. The highest BCUT2D eigenvalue weighted by Crippen LogP contribution is 2.22. The van der Waals surface area contributed by atoms with Gasteiger partial charge in [-0.3, -0.25) is 4.79 Å². The van der Waals surface area contributed by atoms with Crippen LogP contribution in [-0.4, -0.2) is 22.1 Å². The van der Waals surface area contributed by atoms with E-state index in [0.29, 0.717) is 5.69 Å². The summed E-state index contributed by atoms with van der Waals surface area (Å²) < 4.78 is 21.1. The summed E-state index contributed by atoms with van der Waals surface area (Å²) >= 11 is 9.12. The minimum absolute atomic E-state index is 0.0598. The van der Waals surface area contributed by atoms with E-state index in [1.807, 2.05) is 0 Å². The van der Waals surface area contributed by atoms with E-state index in [-0.39, 0.29) is 28.4 Å². The smallest absolute Gasteiger partial charge is 0.343 e. The quantitative estimate of drug-likeness (QED) is 0.468. The molecule has 0 radical (unpaired) electrons. The van der Waals surface area contributed by atoms with Crippen molar-refractivity contribution in [1.29, 1.82) is 0 Å². The fraction of sp³-hybridized carbons (Fsp3) is 0.118. The lowest BCUT2D eigenvalue weighted by molar-refractivity contribution is 0.0524. The van der Waals surface area contributed by atoms with Crippen LogP contribution in [0.5, 0.6) is 0 Å². The van der Waals surface area contributed by atoms with E-state index in [2.05, 4.69) is 20.9 Å². The first kappa shape index (κ1) is 17.6. The molecule has 0 amide bonds. The van der Waals surface area contributed by atoms with Crippen molar-refractivity contribution in [3.8, 4) is 5.69 Å². The van der Waals surface area contributed by atoms with Crippen LogP contribution in [-0.2, 0) is 4.74 Å². The third-order valence-electron chi connectivity index (χ3n) is 3.49. The number of fused-ring (bicyclic) bond motifs is 1. The fourth-order valence-electron chi connectivity index (χ4n) is 2.35. The van der Waals surface area contributed by atoms with Crippen LogP contribution in [0.2, 0.25) is 5.15 Å². The van der Waals surface area contributed by atoms with Crippen LogP contribution in [0.15, 0.2) is 45.8 Å². The second kappa shape index (κ2) is 6.93. The number of hydrogen-bond acceptors (Lipinski definition) is 4. The van der Waals surface area contributed by atoms with Gasteiger partial charge in [0.25, 0.3) is 0 Å². The molecule has 8 heteroatoms. The zero-order valence-corrected chi connectivity index (χ0v) is 15.3. The van der Waals surface area contributed by atoms with Crippen molar-refractivity contribution in [1.82, 2.24) is 9.55 Å². The average molecular weight is 426 g/mol. The molecule has 0 aliphatic rings. The summed E-state index contributed by atoms with van der Waals surface area (Å²) in [7, 11) is 0. The van der Waals surface area contributed by atoms with Crippen molar-refractivity contribution in [3.05, 3.63) is 67.8 Å². The van der Waals surface area contributed by atoms with Crippen molar-refractivity contribution >= 4 is 44.5 Å². The van der Waals surface area contributed by atoms with Gasteiger partial charge in [0.1, 0.15) is 11.2 Å². The number of nitrogens with zero attached hydrogens (tertiary/aromatic N) is 2. The fourth-order valence-corrected chi connectivity index (χ4v) is 2.75. The minimum Gasteiger partial charge on any atom is -0.462 e. The van der Waals surface area contributed by atoms with Gasteiger partial charge in [-0.15, -0.1) is 0 Å². The number of rotatable bonds is 3. The van der Waals surface area contributed by atoms with Gasteiger partial charge in [-0.05, 0) is 37.3 Å². The summed E-state index contributed by atoms with van der Waals surface area (Å²) in [4.78, 5) is 28.7. The van der Waals surface area contributed by atoms with Gasteiger partial charge < -0.3 is 9.30 Å². The van der Waals surface area contributed by atoms with E-state index in [1.54, 1.807) is 31.2 Å². The van der Waals surface area contributed by atoms with E-state index in [0.717, 1.165) is 10.5 Å². The minimum atomic E-state index is -0.838. The molecule has 3 aromatic rings. The number of halogens is 3. The molecule has 0 aliphatic heterocycles. The van der Waals surface area contributed by atoms with E-state index >= 15 is 0 Å². The van der Waals surface area contributed by atoms with Crippen LogP contribution >= 0.6 is 27.5 Å². The Hall–Kier alpha value is -2.25. The van der Waals surface area contributed by atoms with E-state index < -0.39 is 17.2 Å². The van der Waals surface area contributed by atoms with Gasteiger partial charge in [-0.2, -0.15) is 0 Å². The molecule has 0 unspecified atom stereocenters. The summed E-state index contributed by atoms with van der Waals surface area (Å²) in [5.74, 6) is -1.62. The number of aromatic nitrogens is 2. The zero-order chi connectivity index (χ0) is 18.1. The maximum absolute atomic E-state index is 13.8. The van der Waals surface area contributed by atoms with Crippen molar-refractivity contribution in [2.75, 3.05) is 6.61 Å².